The van der Waals surface area contributed by atoms with E-state index in [1.165, 1.54) is 12.8 Å². The molecule has 0 aromatic heterocycles. The number of rotatable bonds is 2. The molecule has 4 atom stereocenters. The van der Waals surface area contributed by atoms with E-state index in [1.807, 2.05) is 0 Å². The van der Waals surface area contributed by atoms with Crippen LogP contribution in [0.4, 0.5) is 0 Å². The van der Waals surface area contributed by atoms with Gasteiger partial charge in [-0.05, 0) is 44.9 Å². The second-order valence-corrected chi connectivity index (χ2v) is 7.89. The predicted octanol–water partition coefficient (Wildman–Crippen LogP) is 1.14. The Morgan fingerprint density at radius 3 is 2.17 bits per heavy atom. The standard InChI is InChI=1S/C17H30N4O2/c22-15(13-5-1-3-7-16(13)9-11-18-20-16)23-14-6-2-4-8-17(14)10-12-19-21-17/h13-14,18-21H,1-12H2. The smallest absolute Gasteiger partial charge is 0.311 e. The highest BCUT2D eigenvalue weighted by molar-refractivity contribution is 5.74. The number of hydrogen-bond donors (Lipinski definition) is 4. The van der Waals surface area contributed by atoms with Gasteiger partial charge in [0, 0.05) is 18.6 Å². The van der Waals surface area contributed by atoms with Gasteiger partial charge in [0.25, 0.3) is 0 Å². The van der Waals surface area contributed by atoms with Gasteiger partial charge in [-0.3, -0.25) is 21.1 Å². The molecule has 2 saturated carbocycles. The Morgan fingerprint density at radius 2 is 1.48 bits per heavy atom. The van der Waals surface area contributed by atoms with Crippen LogP contribution >= 0.6 is 0 Å². The fourth-order valence-corrected chi connectivity index (χ4v) is 5.24. The zero-order valence-electron chi connectivity index (χ0n) is 14.0. The molecule has 130 valence electrons. The average Bonchev–Trinajstić information content (AvgIpc) is 3.21. The quantitative estimate of drug-likeness (QED) is 0.571. The zero-order valence-corrected chi connectivity index (χ0v) is 14.0. The lowest BCUT2D eigenvalue weighted by Gasteiger charge is -2.43. The molecule has 6 heteroatoms. The molecule has 2 heterocycles. The van der Waals surface area contributed by atoms with Crippen molar-refractivity contribution in [3.05, 3.63) is 0 Å². The van der Waals surface area contributed by atoms with Gasteiger partial charge in [-0.2, -0.15) is 0 Å². The summed E-state index contributed by atoms with van der Waals surface area (Å²) >= 11 is 0. The largest absolute Gasteiger partial charge is 0.460 e. The number of hydrazine groups is 2. The number of ether oxygens (including phenoxy) is 1. The second kappa shape index (κ2) is 6.31. The minimum atomic E-state index is -0.0709. The Hall–Kier alpha value is -0.690. The molecule has 4 rings (SSSR count). The number of nitrogens with one attached hydrogen (secondary N) is 4. The lowest BCUT2D eigenvalue weighted by molar-refractivity contribution is -0.165. The zero-order chi connectivity index (χ0) is 15.8. The first kappa shape index (κ1) is 15.8. The SMILES string of the molecule is O=C(OC1CCCCC12CCNN2)C1CCCCC12CCNN2. The number of esters is 1. The highest BCUT2D eigenvalue weighted by Crippen LogP contribution is 2.40. The fourth-order valence-electron chi connectivity index (χ4n) is 5.24. The van der Waals surface area contributed by atoms with Crippen molar-refractivity contribution in [1.82, 2.24) is 21.7 Å². The van der Waals surface area contributed by atoms with Crippen molar-refractivity contribution < 1.29 is 9.53 Å². The number of hydrogen-bond acceptors (Lipinski definition) is 6. The Morgan fingerprint density at radius 1 is 0.826 bits per heavy atom. The summed E-state index contributed by atoms with van der Waals surface area (Å²) in [6, 6.07) is 0. The lowest BCUT2D eigenvalue weighted by Crippen LogP contribution is -2.58. The highest BCUT2D eigenvalue weighted by atomic mass is 16.5. The molecule has 23 heavy (non-hydrogen) atoms. The molecule has 2 aliphatic carbocycles. The third-order valence-corrected chi connectivity index (χ3v) is 6.60. The van der Waals surface area contributed by atoms with Crippen LogP contribution in [0.15, 0.2) is 0 Å². The topological polar surface area (TPSA) is 74.4 Å². The maximum atomic E-state index is 13.0. The van der Waals surface area contributed by atoms with Gasteiger partial charge in [-0.1, -0.05) is 19.3 Å². The van der Waals surface area contributed by atoms with Gasteiger partial charge in [-0.25, -0.2) is 5.43 Å². The first-order chi connectivity index (χ1) is 11.2. The van der Waals surface area contributed by atoms with E-state index >= 15 is 0 Å². The number of carbonyl (C=O) groups excluding carboxylic acids is 1. The van der Waals surface area contributed by atoms with E-state index in [0.717, 1.165) is 64.5 Å². The van der Waals surface area contributed by atoms with E-state index in [-0.39, 0.29) is 29.1 Å². The van der Waals surface area contributed by atoms with E-state index in [0.29, 0.717) is 0 Å². The van der Waals surface area contributed by atoms with Crippen LogP contribution in [0, 0.1) is 5.92 Å². The van der Waals surface area contributed by atoms with Gasteiger partial charge in [0.1, 0.15) is 6.10 Å². The highest BCUT2D eigenvalue weighted by Gasteiger charge is 2.50. The van der Waals surface area contributed by atoms with Crippen molar-refractivity contribution in [2.75, 3.05) is 13.1 Å². The Balaban J connectivity index is 1.47. The molecule has 2 spiro atoms. The minimum absolute atomic E-state index is 0.000381. The van der Waals surface area contributed by atoms with Crippen molar-refractivity contribution in [2.45, 2.75) is 81.4 Å². The first-order valence-electron chi connectivity index (χ1n) is 9.45. The molecule has 0 radical (unpaired) electrons. The van der Waals surface area contributed by atoms with Crippen LogP contribution in [0.25, 0.3) is 0 Å². The van der Waals surface area contributed by atoms with E-state index in [1.54, 1.807) is 0 Å². The summed E-state index contributed by atoms with van der Waals surface area (Å²) in [6.07, 6.45) is 11.0. The normalized spacial score (nSPS) is 44.0. The molecule has 0 aromatic carbocycles. The molecule has 0 aromatic rings. The summed E-state index contributed by atoms with van der Waals surface area (Å²) in [5.74, 6) is 0.0282. The molecule has 2 saturated heterocycles. The Bertz CT molecular complexity index is 444. The van der Waals surface area contributed by atoms with Gasteiger partial charge < -0.3 is 4.74 Å². The summed E-state index contributed by atoms with van der Waals surface area (Å²) in [6.45, 7) is 1.91. The van der Waals surface area contributed by atoms with Crippen LogP contribution in [0.2, 0.25) is 0 Å². The van der Waals surface area contributed by atoms with Gasteiger partial charge in [0.05, 0.1) is 11.5 Å². The van der Waals surface area contributed by atoms with Crippen LogP contribution in [0.1, 0.15) is 64.2 Å². The van der Waals surface area contributed by atoms with Crippen molar-refractivity contribution in [2.24, 2.45) is 5.92 Å². The summed E-state index contributed by atoms with van der Waals surface area (Å²) in [5.41, 5.74) is 13.2. The summed E-state index contributed by atoms with van der Waals surface area (Å²) in [7, 11) is 0. The van der Waals surface area contributed by atoms with Gasteiger partial charge in [0.2, 0.25) is 0 Å². The summed E-state index contributed by atoms with van der Waals surface area (Å²) < 4.78 is 6.15. The maximum absolute atomic E-state index is 13.0. The van der Waals surface area contributed by atoms with Crippen molar-refractivity contribution >= 4 is 5.97 Å². The van der Waals surface area contributed by atoms with Gasteiger partial charge in [-0.15, -0.1) is 0 Å². The third-order valence-electron chi connectivity index (χ3n) is 6.60. The molecular formula is C17H30N4O2. The van der Waals surface area contributed by atoms with E-state index in [2.05, 4.69) is 21.7 Å². The van der Waals surface area contributed by atoms with Crippen molar-refractivity contribution in [3.63, 3.8) is 0 Å². The minimum Gasteiger partial charge on any atom is -0.460 e. The predicted molar refractivity (Wildman–Crippen MR) is 87.3 cm³/mol. The molecular weight excluding hydrogens is 292 g/mol. The van der Waals surface area contributed by atoms with Gasteiger partial charge >= 0.3 is 5.97 Å². The molecule has 0 bridgehead atoms. The van der Waals surface area contributed by atoms with E-state index in [4.69, 9.17) is 4.74 Å². The van der Waals surface area contributed by atoms with Crippen LogP contribution in [-0.4, -0.2) is 36.2 Å². The van der Waals surface area contributed by atoms with Crippen LogP contribution in [0.3, 0.4) is 0 Å². The van der Waals surface area contributed by atoms with E-state index < -0.39 is 0 Å². The van der Waals surface area contributed by atoms with E-state index in [9.17, 15) is 4.79 Å². The summed E-state index contributed by atoms with van der Waals surface area (Å²) in [4.78, 5) is 13.0. The fraction of sp³-hybridized carbons (Fsp3) is 0.941. The molecule has 4 unspecified atom stereocenters. The molecule has 4 N–H and O–H groups in total. The molecule has 0 amide bonds. The maximum Gasteiger partial charge on any atom is 0.311 e. The molecule has 4 fully saturated rings. The Kier molecular flexibility index (Phi) is 4.34. The van der Waals surface area contributed by atoms with Crippen molar-refractivity contribution in [1.29, 1.82) is 0 Å². The van der Waals surface area contributed by atoms with Crippen LogP contribution in [-0.2, 0) is 9.53 Å². The van der Waals surface area contributed by atoms with Crippen LogP contribution < -0.4 is 21.7 Å². The van der Waals surface area contributed by atoms with Gasteiger partial charge in [0.15, 0.2) is 0 Å². The average molecular weight is 322 g/mol. The second-order valence-electron chi connectivity index (χ2n) is 7.89. The third kappa shape index (κ3) is 2.80. The molecule has 6 nitrogen and oxygen atoms in total. The molecule has 4 aliphatic rings. The monoisotopic (exact) mass is 322 g/mol. The first-order valence-corrected chi connectivity index (χ1v) is 9.45. The van der Waals surface area contributed by atoms with Crippen LogP contribution in [0.5, 0.6) is 0 Å². The molecule has 2 aliphatic heterocycles. The number of carbonyl (C=O) groups is 1. The lowest BCUT2D eigenvalue weighted by atomic mass is 9.71. The van der Waals surface area contributed by atoms with Crippen molar-refractivity contribution in [3.8, 4) is 0 Å². The Labute approximate surface area is 138 Å². The summed E-state index contributed by atoms with van der Waals surface area (Å²) in [5, 5.41) is 0.